The molecule has 4 nitrogen and oxygen atoms in total. The number of non-ortho nitro benzene ring substituents is 1. The lowest BCUT2D eigenvalue weighted by atomic mass is 10.1. The first-order valence-electron chi connectivity index (χ1n) is 6.20. The zero-order valence-electron chi connectivity index (χ0n) is 10.8. The molecule has 1 unspecified atom stereocenters. The molecule has 0 bridgehead atoms. The first kappa shape index (κ1) is 14.6. The van der Waals surface area contributed by atoms with Gasteiger partial charge in [0.25, 0.3) is 5.69 Å². The molecule has 0 saturated heterocycles. The zero-order valence-corrected chi connectivity index (χ0v) is 10.8. The van der Waals surface area contributed by atoms with Gasteiger partial charge in [0.1, 0.15) is 5.82 Å². The highest BCUT2D eigenvalue weighted by atomic mass is 19.1. The summed E-state index contributed by atoms with van der Waals surface area (Å²) in [4.78, 5) is 10.0. The number of hydrogen-bond donors (Lipinski definition) is 1. The summed E-state index contributed by atoms with van der Waals surface area (Å²) in [6, 6.07) is 4.07. The Hall–Kier alpha value is -1.49. The Morgan fingerprint density at radius 2 is 2.17 bits per heavy atom. The Bertz CT molecular complexity index is 410. The lowest BCUT2D eigenvalue weighted by Gasteiger charge is -2.12. The molecule has 1 atom stereocenters. The number of benzene rings is 1. The van der Waals surface area contributed by atoms with Crippen LogP contribution in [0.25, 0.3) is 0 Å². The van der Waals surface area contributed by atoms with Gasteiger partial charge in [-0.1, -0.05) is 6.92 Å². The number of nitrogens with one attached hydrogen (secondary N) is 1. The highest BCUT2D eigenvalue weighted by molar-refractivity contribution is 5.35. The predicted molar refractivity (Wildman–Crippen MR) is 69.1 cm³/mol. The monoisotopic (exact) mass is 254 g/mol. The topological polar surface area (TPSA) is 55.2 Å². The van der Waals surface area contributed by atoms with Gasteiger partial charge in [0.15, 0.2) is 0 Å². The van der Waals surface area contributed by atoms with E-state index in [1.54, 1.807) is 0 Å². The number of nitro groups is 1. The number of halogens is 1. The van der Waals surface area contributed by atoms with Crippen molar-refractivity contribution in [2.75, 3.05) is 6.54 Å². The minimum atomic E-state index is -0.564. The third-order valence-corrected chi connectivity index (χ3v) is 2.76. The summed E-state index contributed by atoms with van der Waals surface area (Å²) >= 11 is 0. The van der Waals surface area contributed by atoms with Crippen LogP contribution in [0.1, 0.15) is 32.3 Å². The number of hydrogen-bond acceptors (Lipinski definition) is 3. The van der Waals surface area contributed by atoms with E-state index in [1.807, 2.05) is 0 Å². The van der Waals surface area contributed by atoms with Crippen LogP contribution in [0.2, 0.25) is 0 Å². The van der Waals surface area contributed by atoms with Crippen LogP contribution >= 0.6 is 0 Å². The van der Waals surface area contributed by atoms with Crippen molar-refractivity contribution in [1.82, 2.24) is 5.32 Å². The molecule has 100 valence electrons. The first-order chi connectivity index (χ1) is 8.52. The molecule has 0 heterocycles. The number of rotatable bonds is 7. The van der Waals surface area contributed by atoms with Crippen molar-refractivity contribution in [2.24, 2.45) is 0 Å². The van der Waals surface area contributed by atoms with E-state index in [0.29, 0.717) is 18.0 Å². The van der Waals surface area contributed by atoms with Crippen LogP contribution in [0, 0.1) is 15.9 Å². The van der Waals surface area contributed by atoms with Crippen molar-refractivity contribution in [1.29, 1.82) is 0 Å². The Balaban J connectivity index is 2.59. The fourth-order valence-electron chi connectivity index (χ4n) is 1.76. The maximum absolute atomic E-state index is 13.2. The van der Waals surface area contributed by atoms with E-state index >= 15 is 0 Å². The van der Waals surface area contributed by atoms with E-state index in [4.69, 9.17) is 0 Å². The van der Waals surface area contributed by atoms with Crippen molar-refractivity contribution in [3.63, 3.8) is 0 Å². The molecule has 0 aliphatic carbocycles. The van der Waals surface area contributed by atoms with E-state index in [0.717, 1.165) is 25.5 Å². The van der Waals surface area contributed by atoms with Gasteiger partial charge in [0.05, 0.1) is 11.0 Å². The predicted octanol–water partition coefficient (Wildman–Crippen LogP) is 3.05. The average molecular weight is 254 g/mol. The Morgan fingerprint density at radius 3 is 2.78 bits per heavy atom. The van der Waals surface area contributed by atoms with Gasteiger partial charge >= 0.3 is 0 Å². The first-order valence-corrected chi connectivity index (χ1v) is 6.20. The van der Waals surface area contributed by atoms with Gasteiger partial charge in [0, 0.05) is 12.1 Å². The summed E-state index contributed by atoms with van der Waals surface area (Å²) in [7, 11) is 0. The number of aryl methyl sites for hydroxylation is 1. The highest BCUT2D eigenvalue weighted by Crippen LogP contribution is 2.17. The van der Waals surface area contributed by atoms with Crippen LogP contribution in [0.5, 0.6) is 0 Å². The molecule has 0 aliphatic rings. The third-order valence-electron chi connectivity index (χ3n) is 2.76. The molecule has 1 rings (SSSR count). The lowest BCUT2D eigenvalue weighted by molar-refractivity contribution is -0.385. The summed E-state index contributed by atoms with van der Waals surface area (Å²) in [5, 5.41) is 13.9. The second-order valence-electron chi connectivity index (χ2n) is 4.47. The Labute approximate surface area is 106 Å². The van der Waals surface area contributed by atoms with Crippen LogP contribution in [0.3, 0.4) is 0 Å². The van der Waals surface area contributed by atoms with Gasteiger partial charge in [-0.2, -0.15) is 0 Å². The molecular formula is C13H19FN2O2. The molecule has 1 aromatic carbocycles. The van der Waals surface area contributed by atoms with Gasteiger partial charge < -0.3 is 5.32 Å². The Kier molecular flexibility index (Phi) is 5.71. The smallest absolute Gasteiger partial charge is 0.272 e. The minimum Gasteiger partial charge on any atom is -0.314 e. The summed E-state index contributed by atoms with van der Waals surface area (Å²) in [6.45, 7) is 5.10. The normalized spacial score (nSPS) is 12.4. The minimum absolute atomic E-state index is 0.181. The van der Waals surface area contributed by atoms with Crippen LogP contribution in [-0.2, 0) is 6.42 Å². The second-order valence-corrected chi connectivity index (χ2v) is 4.47. The van der Waals surface area contributed by atoms with Crippen molar-refractivity contribution >= 4 is 5.69 Å². The van der Waals surface area contributed by atoms with Crippen LogP contribution in [0.4, 0.5) is 10.1 Å². The summed E-state index contributed by atoms with van der Waals surface area (Å²) < 4.78 is 13.2. The summed E-state index contributed by atoms with van der Waals surface area (Å²) in [6.07, 6.45) is 2.53. The molecule has 0 saturated carbocycles. The number of nitrogens with zero attached hydrogens (tertiary/aromatic N) is 1. The van der Waals surface area contributed by atoms with Gasteiger partial charge in [-0.25, -0.2) is 4.39 Å². The SMILES string of the molecule is CCCNC(C)CCc1cc(F)cc([N+](=O)[O-])c1. The molecule has 0 spiro atoms. The van der Waals surface area contributed by atoms with Gasteiger partial charge in [0.2, 0.25) is 0 Å². The van der Waals surface area contributed by atoms with Gasteiger partial charge in [-0.3, -0.25) is 10.1 Å². The van der Waals surface area contributed by atoms with E-state index in [1.165, 1.54) is 12.1 Å². The highest BCUT2D eigenvalue weighted by Gasteiger charge is 2.10. The van der Waals surface area contributed by atoms with E-state index in [9.17, 15) is 14.5 Å². The quantitative estimate of drug-likeness (QED) is 0.601. The largest absolute Gasteiger partial charge is 0.314 e. The van der Waals surface area contributed by atoms with E-state index in [-0.39, 0.29) is 5.69 Å². The van der Waals surface area contributed by atoms with Crippen LogP contribution < -0.4 is 5.32 Å². The fraction of sp³-hybridized carbons (Fsp3) is 0.538. The van der Waals surface area contributed by atoms with E-state index in [2.05, 4.69) is 19.2 Å². The molecule has 0 aromatic heterocycles. The van der Waals surface area contributed by atoms with Crippen molar-refractivity contribution < 1.29 is 9.31 Å². The molecule has 0 fully saturated rings. The molecule has 1 N–H and O–H groups in total. The molecule has 0 radical (unpaired) electrons. The molecule has 0 amide bonds. The standard InChI is InChI=1S/C13H19FN2O2/c1-3-6-15-10(2)4-5-11-7-12(14)9-13(8-11)16(17)18/h7-10,15H,3-6H2,1-2H3. The molecule has 5 heteroatoms. The lowest BCUT2D eigenvalue weighted by Crippen LogP contribution is -2.27. The average Bonchev–Trinajstić information content (AvgIpc) is 2.33. The molecule has 1 aromatic rings. The molecule has 18 heavy (non-hydrogen) atoms. The van der Waals surface area contributed by atoms with Crippen molar-refractivity contribution in [3.8, 4) is 0 Å². The maximum Gasteiger partial charge on any atom is 0.272 e. The van der Waals surface area contributed by atoms with E-state index < -0.39 is 10.7 Å². The zero-order chi connectivity index (χ0) is 13.5. The van der Waals surface area contributed by atoms with Gasteiger partial charge in [-0.15, -0.1) is 0 Å². The summed E-state index contributed by atoms with van der Waals surface area (Å²) in [5.41, 5.74) is 0.492. The molecular weight excluding hydrogens is 235 g/mol. The van der Waals surface area contributed by atoms with Crippen LogP contribution in [0.15, 0.2) is 18.2 Å². The van der Waals surface area contributed by atoms with Gasteiger partial charge in [-0.05, 0) is 44.4 Å². The van der Waals surface area contributed by atoms with Crippen molar-refractivity contribution in [2.45, 2.75) is 39.2 Å². The summed E-state index contributed by atoms with van der Waals surface area (Å²) in [5.74, 6) is -0.548. The fourth-order valence-corrected chi connectivity index (χ4v) is 1.76. The van der Waals surface area contributed by atoms with Crippen molar-refractivity contribution in [3.05, 3.63) is 39.7 Å². The third kappa shape index (κ3) is 4.79. The Morgan fingerprint density at radius 1 is 1.44 bits per heavy atom. The maximum atomic E-state index is 13.2. The molecule has 0 aliphatic heterocycles. The van der Waals surface area contributed by atoms with Crippen LogP contribution in [-0.4, -0.2) is 17.5 Å². The number of nitro benzene ring substituents is 1. The second kappa shape index (κ2) is 7.06.